The lowest BCUT2D eigenvalue weighted by Gasteiger charge is -2.13. The monoisotopic (exact) mass is 374 g/mol. The van der Waals surface area contributed by atoms with E-state index in [-0.39, 0.29) is 0 Å². The van der Waals surface area contributed by atoms with Crippen LogP contribution in [0.2, 0.25) is 0 Å². The molecule has 0 aliphatic heterocycles. The first-order chi connectivity index (χ1) is 13.2. The molecule has 5 heteroatoms. The zero-order chi connectivity index (χ0) is 18.8. The Kier molecular flexibility index (Phi) is 4.77. The Morgan fingerprint density at radius 3 is 2.37 bits per heavy atom. The van der Waals surface area contributed by atoms with Crippen molar-refractivity contribution in [1.82, 2.24) is 9.97 Å². The summed E-state index contributed by atoms with van der Waals surface area (Å²) in [4.78, 5) is 12.1. The van der Waals surface area contributed by atoms with Gasteiger partial charge in [-0.25, -0.2) is 9.97 Å². The molecule has 0 bridgehead atoms. The molecule has 0 fully saturated rings. The Morgan fingerprint density at radius 1 is 0.963 bits per heavy atom. The first-order valence-electron chi connectivity index (χ1n) is 9.01. The molecule has 0 amide bonds. The molecule has 2 heterocycles. The van der Waals surface area contributed by atoms with Gasteiger partial charge >= 0.3 is 0 Å². The molecule has 0 aliphatic carbocycles. The van der Waals surface area contributed by atoms with Crippen molar-refractivity contribution in [1.29, 1.82) is 0 Å². The molecule has 4 aromatic rings. The Hall–Kier alpha value is -2.92. The number of fused-ring (bicyclic) bond motifs is 1. The van der Waals surface area contributed by atoms with Crippen LogP contribution in [-0.4, -0.2) is 24.1 Å². The summed E-state index contributed by atoms with van der Waals surface area (Å²) in [6, 6.07) is 17.1. The zero-order valence-electron chi connectivity index (χ0n) is 15.7. The number of hydrogen-bond acceptors (Lipinski definition) is 5. The standard InChI is InChI=1S/C22H22N4S/c1-4-15-5-7-16(8-6-15)19-13-27-22-20(19)21(23-14-24-22)25-17-9-11-18(12-10-17)26(2)3/h5-14H,4H2,1-3H3,(H,23,24,25). The van der Waals surface area contributed by atoms with Gasteiger partial charge in [0.1, 0.15) is 17.0 Å². The second-order valence-electron chi connectivity index (χ2n) is 6.67. The van der Waals surface area contributed by atoms with Crippen LogP contribution in [0.3, 0.4) is 0 Å². The third kappa shape index (κ3) is 3.51. The van der Waals surface area contributed by atoms with Gasteiger partial charge in [0, 0.05) is 36.4 Å². The summed E-state index contributed by atoms with van der Waals surface area (Å²) in [5.41, 5.74) is 5.89. The molecule has 0 unspecified atom stereocenters. The molecular formula is C22H22N4S. The molecule has 0 atom stereocenters. The largest absolute Gasteiger partial charge is 0.378 e. The maximum absolute atomic E-state index is 4.53. The molecule has 0 saturated carbocycles. The van der Waals surface area contributed by atoms with E-state index in [1.54, 1.807) is 17.7 Å². The Labute approximate surface area is 163 Å². The van der Waals surface area contributed by atoms with Gasteiger partial charge < -0.3 is 10.2 Å². The van der Waals surface area contributed by atoms with Gasteiger partial charge in [-0.3, -0.25) is 0 Å². The highest BCUT2D eigenvalue weighted by molar-refractivity contribution is 7.17. The third-order valence-electron chi connectivity index (χ3n) is 4.69. The fourth-order valence-corrected chi connectivity index (χ4v) is 4.00. The number of nitrogens with zero attached hydrogens (tertiary/aromatic N) is 3. The van der Waals surface area contributed by atoms with E-state index < -0.39 is 0 Å². The van der Waals surface area contributed by atoms with Crippen molar-refractivity contribution in [2.75, 3.05) is 24.3 Å². The molecule has 2 aromatic heterocycles. The van der Waals surface area contributed by atoms with E-state index in [1.807, 2.05) is 14.1 Å². The lowest BCUT2D eigenvalue weighted by atomic mass is 10.0. The van der Waals surface area contributed by atoms with Gasteiger partial charge in [0.05, 0.1) is 5.39 Å². The highest BCUT2D eigenvalue weighted by atomic mass is 32.1. The van der Waals surface area contributed by atoms with Crippen LogP contribution in [0, 0.1) is 0 Å². The predicted octanol–water partition coefficient (Wildman–Crippen LogP) is 5.73. The van der Waals surface area contributed by atoms with Crippen LogP contribution in [0.25, 0.3) is 21.3 Å². The van der Waals surface area contributed by atoms with Crippen molar-refractivity contribution < 1.29 is 0 Å². The average molecular weight is 375 g/mol. The first kappa shape index (κ1) is 17.5. The third-order valence-corrected chi connectivity index (χ3v) is 5.58. The summed E-state index contributed by atoms with van der Waals surface area (Å²) in [6.07, 6.45) is 2.67. The van der Waals surface area contributed by atoms with Crippen LogP contribution in [0.5, 0.6) is 0 Å². The number of benzene rings is 2. The van der Waals surface area contributed by atoms with E-state index >= 15 is 0 Å². The SMILES string of the molecule is CCc1ccc(-c2csc3ncnc(Nc4ccc(N(C)C)cc4)c23)cc1. The normalized spacial score (nSPS) is 10.9. The number of nitrogens with one attached hydrogen (secondary N) is 1. The summed E-state index contributed by atoms with van der Waals surface area (Å²) in [7, 11) is 4.08. The average Bonchev–Trinajstić information content (AvgIpc) is 3.14. The van der Waals surface area contributed by atoms with E-state index in [2.05, 4.69) is 81.0 Å². The lowest BCUT2D eigenvalue weighted by molar-refractivity contribution is 1.13. The number of hydrogen-bond donors (Lipinski definition) is 1. The molecular weight excluding hydrogens is 352 g/mol. The van der Waals surface area contributed by atoms with Gasteiger partial charge in [-0.1, -0.05) is 31.2 Å². The van der Waals surface area contributed by atoms with Crippen LogP contribution < -0.4 is 10.2 Å². The van der Waals surface area contributed by atoms with Gasteiger partial charge in [-0.2, -0.15) is 0 Å². The van der Waals surface area contributed by atoms with Crippen molar-refractivity contribution in [3.8, 4) is 11.1 Å². The Morgan fingerprint density at radius 2 is 1.70 bits per heavy atom. The van der Waals surface area contributed by atoms with Crippen molar-refractivity contribution in [2.45, 2.75) is 13.3 Å². The van der Waals surface area contributed by atoms with Gasteiger partial charge in [0.2, 0.25) is 0 Å². The summed E-state index contributed by atoms with van der Waals surface area (Å²) < 4.78 is 0. The second-order valence-corrected chi connectivity index (χ2v) is 7.53. The van der Waals surface area contributed by atoms with Crippen molar-refractivity contribution in [3.05, 3.63) is 65.8 Å². The van der Waals surface area contributed by atoms with E-state index in [9.17, 15) is 0 Å². The quantitative estimate of drug-likeness (QED) is 0.484. The number of aryl methyl sites for hydroxylation is 1. The van der Waals surface area contributed by atoms with Gasteiger partial charge in [-0.05, 0) is 41.8 Å². The summed E-state index contributed by atoms with van der Waals surface area (Å²) in [5, 5.41) is 6.71. The highest BCUT2D eigenvalue weighted by Crippen LogP contribution is 2.37. The minimum atomic E-state index is 0.841. The molecule has 4 nitrogen and oxygen atoms in total. The fraction of sp³-hybridized carbons (Fsp3) is 0.182. The number of aromatic nitrogens is 2. The molecule has 2 aromatic carbocycles. The van der Waals surface area contributed by atoms with Crippen LogP contribution in [0.15, 0.2) is 60.2 Å². The van der Waals surface area contributed by atoms with Crippen molar-refractivity contribution in [3.63, 3.8) is 0 Å². The molecule has 0 radical (unpaired) electrons. The molecule has 1 N–H and O–H groups in total. The summed E-state index contributed by atoms with van der Waals surface area (Å²) in [6.45, 7) is 2.17. The minimum absolute atomic E-state index is 0.841. The topological polar surface area (TPSA) is 41.1 Å². The van der Waals surface area contributed by atoms with Crippen LogP contribution in [-0.2, 0) is 6.42 Å². The van der Waals surface area contributed by atoms with Gasteiger partial charge in [-0.15, -0.1) is 11.3 Å². The lowest BCUT2D eigenvalue weighted by Crippen LogP contribution is -2.08. The number of anilines is 3. The maximum atomic E-state index is 4.53. The van der Waals surface area contributed by atoms with Crippen LogP contribution >= 0.6 is 11.3 Å². The minimum Gasteiger partial charge on any atom is -0.378 e. The highest BCUT2D eigenvalue weighted by Gasteiger charge is 2.13. The molecule has 0 saturated heterocycles. The number of thiophene rings is 1. The van der Waals surface area contributed by atoms with Gasteiger partial charge in [0.15, 0.2) is 0 Å². The van der Waals surface area contributed by atoms with Gasteiger partial charge in [0.25, 0.3) is 0 Å². The second kappa shape index (κ2) is 7.37. The van der Waals surface area contributed by atoms with E-state index in [4.69, 9.17) is 0 Å². The fourth-order valence-electron chi connectivity index (χ4n) is 3.08. The summed E-state index contributed by atoms with van der Waals surface area (Å²) >= 11 is 1.65. The Balaban J connectivity index is 1.73. The smallest absolute Gasteiger partial charge is 0.143 e. The van der Waals surface area contributed by atoms with Crippen molar-refractivity contribution >= 4 is 38.7 Å². The first-order valence-corrected chi connectivity index (χ1v) is 9.89. The van der Waals surface area contributed by atoms with Crippen molar-refractivity contribution in [2.24, 2.45) is 0 Å². The van der Waals surface area contributed by atoms with E-state index in [0.29, 0.717) is 0 Å². The molecule has 136 valence electrons. The Bertz CT molecular complexity index is 1050. The predicted molar refractivity (Wildman–Crippen MR) is 116 cm³/mol. The molecule has 4 rings (SSSR count). The molecule has 0 spiro atoms. The number of rotatable bonds is 5. The molecule has 27 heavy (non-hydrogen) atoms. The summed E-state index contributed by atoms with van der Waals surface area (Å²) in [5.74, 6) is 0.841. The van der Waals surface area contributed by atoms with E-state index in [1.165, 1.54) is 22.4 Å². The molecule has 0 aliphatic rings. The van der Waals surface area contributed by atoms with Crippen LogP contribution in [0.1, 0.15) is 12.5 Å². The zero-order valence-corrected chi connectivity index (χ0v) is 16.5. The maximum Gasteiger partial charge on any atom is 0.143 e. The van der Waals surface area contributed by atoms with E-state index in [0.717, 1.165) is 28.1 Å². The van der Waals surface area contributed by atoms with Crippen LogP contribution in [0.4, 0.5) is 17.2 Å².